The minimum atomic E-state index is 0.286. The van der Waals surface area contributed by atoms with E-state index in [4.69, 9.17) is 5.73 Å². The van der Waals surface area contributed by atoms with Crippen molar-refractivity contribution in [2.75, 3.05) is 18.0 Å². The number of anilines is 1. The fourth-order valence-electron chi connectivity index (χ4n) is 2.01. The van der Waals surface area contributed by atoms with E-state index in [1.165, 1.54) is 0 Å². The SMILES string of the molecule is N[C@@H]1CCN(c2ncnc3sccc23)C1. The van der Waals surface area contributed by atoms with Gasteiger partial charge in [-0.2, -0.15) is 0 Å². The van der Waals surface area contributed by atoms with Crippen LogP contribution in [0.5, 0.6) is 0 Å². The second kappa shape index (κ2) is 3.43. The summed E-state index contributed by atoms with van der Waals surface area (Å²) < 4.78 is 0. The summed E-state index contributed by atoms with van der Waals surface area (Å²) in [7, 11) is 0. The number of aromatic nitrogens is 2. The molecule has 0 radical (unpaired) electrons. The number of nitrogens with zero attached hydrogens (tertiary/aromatic N) is 3. The van der Waals surface area contributed by atoms with E-state index in [1.54, 1.807) is 17.7 Å². The van der Waals surface area contributed by atoms with Gasteiger partial charge in [0, 0.05) is 19.1 Å². The highest BCUT2D eigenvalue weighted by atomic mass is 32.1. The third-order valence-electron chi connectivity index (χ3n) is 2.76. The van der Waals surface area contributed by atoms with E-state index >= 15 is 0 Å². The van der Waals surface area contributed by atoms with E-state index in [2.05, 4.69) is 26.3 Å². The molecule has 1 fully saturated rings. The zero-order chi connectivity index (χ0) is 10.3. The molecular weight excluding hydrogens is 208 g/mol. The van der Waals surface area contributed by atoms with Crippen LogP contribution in [0.2, 0.25) is 0 Å². The standard InChI is InChI=1S/C10H12N4S/c11-7-1-3-14(5-7)9-8-2-4-15-10(8)13-6-12-9/h2,4,6-7H,1,3,5,11H2/t7-/m1/s1. The van der Waals surface area contributed by atoms with Gasteiger partial charge in [-0.1, -0.05) is 0 Å². The van der Waals surface area contributed by atoms with Crippen LogP contribution in [-0.4, -0.2) is 29.1 Å². The van der Waals surface area contributed by atoms with Gasteiger partial charge in [0.1, 0.15) is 17.0 Å². The van der Waals surface area contributed by atoms with Gasteiger partial charge in [-0.05, 0) is 17.9 Å². The Kier molecular flexibility index (Phi) is 2.07. The minimum absolute atomic E-state index is 0.286. The second-order valence-corrected chi connectivity index (χ2v) is 4.73. The minimum Gasteiger partial charge on any atom is -0.354 e. The van der Waals surface area contributed by atoms with Gasteiger partial charge in [-0.3, -0.25) is 0 Å². The van der Waals surface area contributed by atoms with Crippen molar-refractivity contribution >= 4 is 27.4 Å². The molecule has 1 aliphatic rings. The lowest BCUT2D eigenvalue weighted by molar-refractivity contribution is 0.751. The Morgan fingerprint density at radius 1 is 1.47 bits per heavy atom. The molecule has 15 heavy (non-hydrogen) atoms. The molecule has 0 amide bonds. The Balaban J connectivity index is 2.06. The maximum absolute atomic E-state index is 5.90. The van der Waals surface area contributed by atoms with E-state index in [0.717, 1.165) is 35.5 Å². The molecule has 3 heterocycles. The van der Waals surface area contributed by atoms with Crippen molar-refractivity contribution in [3.8, 4) is 0 Å². The summed E-state index contributed by atoms with van der Waals surface area (Å²) in [6.07, 6.45) is 2.69. The lowest BCUT2D eigenvalue weighted by Gasteiger charge is -2.16. The van der Waals surface area contributed by atoms with E-state index in [0.29, 0.717) is 0 Å². The molecule has 2 N–H and O–H groups in total. The number of thiophene rings is 1. The Morgan fingerprint density at radius 3 is 3.20 bits per heavy atom. The molecule has 1 atom stereocenters. The lowest BCUT2D eigenvalue weighted by atomic mass is 10.3. The van der Waals surface area contributed by atoms with Crippen LogP contribution in [0, 0.1) is 0 Å². The lowest BCUT2D eigenvalue weighted by Crippen LogP contribution is -2.26. The Bertz CT molecular complexity index is 481. The highest BCUT2D eigenvalue weighted by Crippen LogP contribution is 2.28. The van der Waals surface area contributed by atoms with Gasteiger partial charge in [0.25, 0.3) is 0 Å². The highest BCUT2D eigenvalue weighted by molar-refractivity contribution is 7.16. The van der Waals surface area contributed by atoms with Crippen molar-refractivity contribution < 1.29 is 0 Å². The molecule has 0 spiro atoms. The van der Waals surface area contributed by atoms with Crippen LogP contribution < -0.4 is 10.6 Å². The molecule has 0 saturated carbocycles. The molecule has 2 aromatic heterocycles. The fourth-order valence-corrected chi connectivity index (χ4v) is 2.74. The van der Waals surface area contributed by atoms with E-state index in [1.807, 2.05) is 0 Å². The van der Waals surface area contributed by atoms with Gasteiger partial charge >= 0.3 is 0 Å². The summed E-state index contributed by atoms with van der Waals surface area (Å²) in [6.45, 7) is 1.91. The van der Waals surface area contributed by atoms with Gasteiger partial charge in [0.15, 0.2) is 0 Å². The van der Waals surface area contributed by atoms with Crippen LogP contribution in [0.3, 0.4) is 0 Å². The van der Waals surface area contributed by atoms with Gasteiger partial charge in [-0.15, -0.1) is 11.3 Å². The van der Waals surface area contributed by atoms with Gasteiger partial charge in [0.2, 0.25) is 0 Å². The average Bonchev–Trinajstić information content (AvgIpc) is 2.84. The fraction of sp³-hybridized carbons (Fsp3) is 0.400. The molecule has 0 bridgehead atoms. The van der Waals surface area contributed by atoms with Crippen LogP contribution in [0.25, 0.3) is 10.2 Å². The maximum atomic E-state index is 5.90. The maximum Gasteiger partial charge on any atom is 0.140 e. The molecule has 0 unspecified atom stereocenters. The molecule has 5 heteroatoms. The first-order chi connectivity index (χ1) is 7.34. The number of rotatable bonds is 1. The van der Waals surface area contributed by atoms with E-state index in [-0.39, 0.29) is 6.04 Å². The Morgan fingerprint density at radius 2 is 2.40 bits per heavy atom. The molecule has 1 saturated heterocycles. The van der Waals surface area contributed by atoms with E-state index < -0.39 is 0 Å². The van der Waals surface area contributed by atoms with Crippen LogP contribution in [0.4, 0.5) is 5.82 Å². The van der Waals surface area contributed by atoms with Crippen molar-refractivity contribution in [3.05, 3.63) is 17.8 Å². The summed E-state index contributed by atoms with van der Waals surface area (Å²) in [5.74, 6) is 1.04. The topological polar surface area (TPSA) is 55.0 Å². The zero-order valence-electron chi connectivity index (χ0n) is 8.26. The molecule has 2 aromatic rings. The van der Waals surface area contributed by atoms with Gasteiger partial charge < -0.3 is 10.6 Å². The highest BCUT2D eigenvalue weighted by Gasteiger charge is 2.22. The molecule has 78 valence electrons. The molecule has 1 aliphatic heterocycles. The molecule has 0 aliphatic carbocycles. The Labute approximate surface area is 91.7 Å². The van der Waals surface area contributed by atoms with Crippen molar-refractivity contribution in [1.29, 1.82) is 0 Å². The molecule has 4 nitrogen and oxygen atoms in total. The van der Waals surface area contributed by atoms with Crippen molar-refractivity contribution in [3.63, 3.8) is 0 Å². The summed E-state index contributed by atoms with van der Waals surface area (Å²) in [5, 5.41) is 3.20. The number of nitrogens with two attached hydrogens (primary N) is 1. The van der Waals surface area contributed by atoms with Gasteiger partial charge in [-0.25, -0.2) is 9.97 Å². The first kappa shape index (κ1) is 9.06. The Hall–Kier alpha value is -1.20. The van der Waals surface area contributed by atoms with Crippen LogP contribution in [-0.2, 0) is 0 Å². The predicted molar refractivity (Wildman–Crippen MR) is 62.2 cm³/mol. The first-order valence-electron chi connectivity index (χ1n) is 5.03. The number of hydrogen-bond acceptors (Lipinski definition) is 5. The van der Waals surface area contributed by atoms with Crippen molar-refractivity contribution in [2.24, 2.45) is 5.73 Å². The van der Waals surface area contributed by atoms with Crippen molar-refractivity contribution in [2.45, 2.75) is 12.5 Å². The average molecular weight is 220 g/mol. The second-order valence-electron chi connectivity index (χ2n) is 3.83. The molecular formula is C10H12N4S. The van der Waals surface area contributed by atoms with Crippen LogP contribution in [0.1, 0.15) is 6.42 Å². The summed E-state index contributed by atoms with van der Waals surface area (Å²) >= 11 is 1.65. The zero-order valence-corrected chi connectivity index (χ0v) is 9.07. The normalized spacial score (nSPS) is 21.4. The monoisotopic (exact) mass is 220 g/mol. The third kappa shape index (κ3) is 1.48. The largest absolute Gasteiger partial charge is 0.354 e. The smallest absolute Gasteiger partial charge is 0.140 e. The van der Waals surface area contributed by atoms with Crippen molar-refractivity contribution in [1.82, 2.24) is 9.97 Å². The summed E-state index contributed by atoms with van der Waals surface area (Å²) in [4.78, 5) is 11.9. The molecule has 0 aromatic carbocycles. The third-order valence-corrected chi connectivity index (χ3v) is 3.59. The number of hydrogen-bond donors (Lipinski definition) is 1. The molecule has 3 rings (SSSR count). The first-order valence-corrected chi connectivity index (χ1v) is 5.91. The van der Waals surface area contributed by atoms with Crippen LogP contribution in [0.15, 0.2) is 17.8 Å². The predicted octanol–water partition coefficient (Wildman–Crippen LogP) is 1.23. The van der Waals surface area contributed by atoms with Crippen LogP contribution >= 0.6 is 11.3 Å². The van der Waals surface area contributed by atoms with Gasteiger partial charge in [0.05, 0.1) is 5.39 Å². The quantitative estimate of drug-likeness (QED) is 0.785. The summed E-state index contributed by atoms with van der Waals surface area (Å²) in [5.41, 5.74) is 5.90. The summed E-state index contributed by atoms with van der Waals surface area (Å²) in [6, 6.07) is 2.37. The number of fused-ring (bicyclic) bond motifs is 1. The van der Waals surface area contributed by atoms with E-state index in [9.17, 15) is 0 Å².